The van der Waals surface area contributed by atoms with Crippen molar-refractivity contribution in [2.45, 2.75) is 39.4 Å². The predicted molar refractivity (Wildman–Crippen MR) is 94.6 cm³/mol. The first kappa shape index (κ1) is 17.3. The van der Waals surface area contributed by atoms with Gasteiger partial charge in [-0.3, -0.25) is 13.9 Å². The molecule has 2 heterocycles. The lowest BCUT2D eigenvalue weighted by molar-refractivity contribution is 0.434. The maximum atomic E-state index is 13.0. The minimum absolute atomic E-state index is 0.0215. The standard InChI is InChI=1S/C16H23FN4O2S/c1-9-7-11(9)21-14(22)13-10(2)12(8-19-5-4-18)24-15(13)20(6-3-17)16(21)23/h9,11,19H,3-8,18H2,1-2H3. The maximum absolute atomic E-state index is 13.0. The number of alkyl halides is 1. The average molecular weight is 354 g/mol. The second-order valence-electron chi connectivity index (χ2n) is 6.37. The first-order chi connectivity index (χ1) is 11.5. The molecule has 0 saturated heterocycles. The van der Waals surface area contributed by atoms with Crippen LogP contribution in [0, 0.1) is 12.8 Å². The summed E-state index contributed by atoms with van der Waals surface area (Å²) in [7, 11) is 0. The SMILES string of the molecule is Cc1c(CNCCN)sc2c1c(=O)n(C1CC1C)c(=O)n2CCF. The number of rotatable bonds is 7. The second-order valence-corrected chi connectivity index (χ2v) is 7.46. The number of halogens is 1. The van der Waals surface area contributed by atoms with Crippen molar-refractivity contribution in [3.63, 3.8) is 0 Å². The van der Waals surface area contributed by atoms with E-state index in [4.69, 9.17) is 5.73 Å². The van der Waals surface area contributed by atoms with Gasteiger partial charge in [-0.05, 0) is 24.8 Å². The van der Waals surface area contributed by atoms with Gasteiger partial charge in [-0.1, -0.05) is 6.92 Å². The summed E-state index contributed by atoms with van der Waals surface area (Å²) in [4.78, 5) is 27.2. The Kier molecular flexibility index (Phi) is 4.89. The molecule has 8 heteroatoms. The van der Waals surface area contributed by atoms with E-state index in [1.807, 2.05) is 13.8 Å². The third kappa shape index (κ3) is 2.82. The van der Waals surface area contributed by atoms with E-state index in [0.717, 1.165) is 16.9 Å². The van der Waals surface area contributed by atoms with Crippen molar-refractivity contribution >= 4 is 21.6 Å². The zero-order valence-electron chi connectivity index (χ0n) is 14.0. The van der Waals surface area contributed by atoms with Gasteiger partial charge in [-0.25, -0.2) is 9.18 Å². The van der Waals surface area contributed by atoms with Crippen LogP contribution in [-0.2, 0) is 13.1 Å². The van der Waals surface area contributed by atoms with Gasteiger partial charge in [0.2, 0.25) is 0 Å². The molecule has 24 heavy (non-hydrogen) atoms. The van der Waals surface area contributed by atoms with E-state index in [9.17, 15) is 14.0 Å². The van der Waals surface area contributed by atoms with Gasteiger partial charge >= 0.3 is 5.69 Å². The summed E-state index contributed by atoms with van der Waals surface area (Å²) >= 11 is 1.39. The molecule has 0 radical (unpaired) electrons. The summed E-state index contributed by atoms with van der Waals surface area (Å²) in [5.74, 6) is 0.316. The summed E-state index contributed by atoms with van der Waals surface area (Å²) in [5.41, 5.74) is 5.74. The Labute approximate surface area is 143 Å². The van der Waals surface area contributed by atoms with Gasteiger partial charge in [0.1, 0.15) is 11.5 Å². The van der Waals surface area contributed by atoms with Crippen molar-refractivity contribution < 1.29 is 4.39 Å². The summed E-state index contributed by atoms with van der Waals surface area (Å²) in [6, 6.07) is -0.0571. The van der Waals surface area contributed by atoms with E-state index in [1.165, 1.54) is 20.5 Å². The van der Waals surface area contributed by atoms with Gasteiger partial charge < -0.3 is 11.1 Å². The average Bonchev–Trinajstić information content (AvgIpc) is 3.16. The van der Waals surface area contributed by atoms with Crippen LogP contribution in [-0.4, -0.2) is 28.9 Å². The quantitative estimate of drug-likeness (QED) is 0.731. The van der Waals surface area contributed by atoms with Crippen molar-refractivity contribution in [3.8, 4) is 0 Å². The molecule has 2 unspecified atom stereocenters. The van der Waals surface area contributed by atoms with E-state index in [1.54, 1.807) is 0 Å². The molecule has 1 aliphatic rings. The van der Waals surface area contributed by atoms with Gasteiger partial charge in [0.05, 0.1) is 11.9 Å². The Morgan fingerprint density at radius 1 is 1.42 bits per heavy atom. The number of aromatic nitrogens is 2. The predicted octanol–water partition coefficient (Wildman–Crippen LogP) is 1.13. The molecular formula is C16H23FN4O2S. The number of nitrogens with one attached hydrogen (secondary N) is 1. The summed E-state index contributed by atoms with van der Waals surface area (Å²) < 4.78 is 15.8. The van der Waals surface area contributed by atoms with Gasteiger partial charge in [-0.15, -0.1) is 11.3 Å². The van der Waals surface area contributed by atoms with Crippen LogP contribution in [0.4, 0.5) is 4.39 Å². The first-order valence-corrected chi connectivity index (χ1v) is 9.07. The fraction of sp³-hybridized carbons (Fsp3) is 0.625. The first-order valence-electron chi connectivity index (χ1n) is 8.25. The zero-order valence-corrected chi connectivity index (χ0v) is 14.8. The Morgan fingerprint density at radius 2 is 2.12 bits per heavy atom. The molecule has 0 spiro atoms. The van der Waals surface area contributed by atoms with E-state index in [-0.39, 0.29) is 23.8 Å². The zero-order chi connectivity index (χ0) is 17.4. The lowest BCUT2D eigenvalue weighted by Gasteiger charge is -2.10. The van der Waals surface area contributed by atoms with Crippen LogP contribution < -0.4 is 22.3 Å². The maximum Gasteiger partial charge on any atom is 0.332 e. The smallest absolute Gasteiger partial charge is 0.329 e. The molecule has 132 valence electrons. The molecule has 1 aliphatic carbocycles. The van der Waals surface area contributed by atoms with Crippen LogP contribution in [0.1, 0.15) is 29.8 Å². The molecule has 2 aromatic heterocycles. The molecule has 1 fully saturated rings. The lowest BCUT2D eigenvalue weighted by atomic mass is 10.2. The number of nitrogens with two attached hydrogens (primary N) is 1. The fourth-order valence-corrected chi connectivity index (χ4v) is 4.40. The molecule has 0 aromatic carbocycles. The molecule has 0 amide bonds. The van der Waals surface area contributed by atoms with Gasteiger partial charge in [-0.2, -0.15) is 0 Å². The third-order valence-electron chi connectivity index (χ3n) is 4.66. The highest BCUT2D eigenvalue weighted by Gasteiger charge is 2.38. The monoisotopic (exact) mass is 354 g/mol. The third-order valence-corrected chi connectivity index (χ3v) is 5.97. The van der Waals surface area contributed by atoms with Crippen molar-refractivity contribution in [2.75, 3.05) is 19.8 Å². The molecule has 3 rings (SSSR count). The number of aryl methyl sites for hydroxylation is 2. The normalized spacial score (nSPS) is 20.0. The molecule has 2 aromatic rings. The second kappa shape index (κ2) is 6.78. The van der Waals surface area contributed by atoms with Crippen molar-refractivity contribution in [1.82, 2.24) is 14.5 Å². The van der Waals surface area contributed by atoms with Gasteiger partial charge in [0.15, 0.2) is 0 Å². The van der Waals surface area contributed by atoms with E-state index in [2.05, 4.69) is 5.32 Å². The van der Waals surface area contributed by atoms with Crippen LogP contribution >= 0.6 is 11.3 Å². The molecule has 0 aliphatic heterocycles. The lowest BCUT2D eigenvalue weighted by Crippen LogP contribution is -2.40. The summed E-state index contributed by atoms with van der Waals surface area (Å²) in [5, 5.41) is 3.76. The molecule has 6 nitrogen and oxygen atoms in total. The van der Waals surface area contributed by atoms with E-state index < -0.39 is 6.67 Å². The highest BCUT2D eigenvalue weighted by Crippen LogP contribution is 2.41. The largest absolute Gasteiger partial charge is 0.332 e. The number of thiophene rings is 1. The van der Waals surface area contributed by atoms with Gasteiger partial charge in [0, 0.05) is 30.6 Å². The van der Waals surface area contributed by atoms with Crippen LogP contribution in [0.3, 0.4) is 0 Å². The number of hydrogen-bond donors (Lipinski definition) is 2. The Hall–Kier alpha value is -1.51. The van der Waals surface area contributed by atoms with E-state index in [0.29, 0.717) is 35.8 Å². The minimum atomic E-state index is -0.634. The number of fused-ring (bicyclic) bond motifs is 1. The van der Waals surface area contributed by atoms with Crippen LogP contribution in [0.2, 0.25) is 0 Å². The molecule has 3 N–H and O–H groups in total. The van der Waals surface area contributed by atoms with Crippen molar-refractivity contribution in [1.29, 1.82) is 0 Å². The number of nitrogens with zero attached hydrogens (tertiary/aromatic N) is 2. The van der Waals surface area contributed by atoms with Crippen LogP contribution in [0.5, 0.6) is 0 Å². The van der Waals surface area contributed by atoms with Crippen LogP contribution in [0.15, 0.2) is 9.59 Å². The van der Waals surface area contributed by atoms with E-state index >= 15 is 0 Å². The van der Waals surface area contributed by atoms with Crippen molar-refractivity contribution in [3.05, 3.63) is 31.3 Å². The summed E-state index contributed by atoms with van der Waals surface area (Å²) in [6.45, 7) is 5.05. The van der Waals surface area contributed by atoms with Crippen molar-refractivity contribution in [2.24, 2.45) is 11.7 Å². The fourth-order valence-electron chi connectivity index (χ4n) is 3.12. The highest BCUT2D eigenvalue weighted by atomic mass is 32.1. The molecule has 1 saturated carbocycles. The molecule has 0 bridgehead atoms. The highest BCUT2D eigenvalue weighted by molar-refractivity contribution is 7.18. The molecule has 2 atom stereocenters. The Balaban J connectivity index is 2.20. The van der Waals surface area contributed by atoms with Crippen LogP contribution in [0.25, 0.3) is 10.2 Å². The summed E-state index contributed by atoms with van der Waals surface area (Å²) in [6.07, 6.45) is 0.824. The topological polar surface area (TPSA) is 82.1 Å². The Morgan fingerprint density at radius 3 is 2.71 bits per heavy atom. The number of hydrogen-bond acceptors (Lipinski definition) is 5. The van der Waals surface area contributed by atoms with Gasteiger partial charge in [0.25, 0.3) is 5.56 Å². The Bertz CT molecular complexity index is 870. The minimum Gasteiger partial charge on any atom is -0.329 e. The molecular weight excluding hydrogens is 331 g/mol.